The predicted molar refractivity (Wildman–Crippen MR) is 113 cm³/mol. The fraction of sp³-hybridized carbons (Fsp3) is 0.316. The van der Waals surface area contributed by atoms with E-state index in [2.05, 4.69) is 21.2 Å². The highest BCUT2D eigenvalue weighted by atomic mass is 79.9. The van der Waals surface area contributed by atoms with Crippen LogP contribution in [0.2, 0.25) is 5.02 Å². The zero-order valence-corrected chi connectivity index (χ0v) is 19.0. The summed E-state index contributed by atoms with van der Waals surface area (Å²) in [5.74, 6) is 0.163. The largest absolute Gasteiger partial charge is 0.496 e. The molecule has 0 aliphatic carbocycles. The van der Waals surface area contributed by atoms with Crippen molar-refractivity contribution in [2.75, 3.05) is 20.2 Å². The van der Waals surface area contributed by atoms with Crippen molar-refractivity contribution >= 4 is 43.5 Å². The van der Waals surface area contributed by atoms with Crippen LogP contribution in [0.15, 0.2) is 45.8 Å². The van der Waals surface area contributed by atoms with Gasteiger partial charge in [0, 0.05) is 29.7 Å². The molecule has 2 rings (SSSR count). The van der Waals surface area contributed by atoms with E-state index >= 15 is 0 Å². The van der Waals surface area contributed by atoms with Gasteiger partial charge in [-0.25, -0.2) is 8.42 Å². The predicted octanol–water partition coefficient (Wildman–Crippen LogP) is 4.07. The quantitative estimate of drug-likeness (QED) is 0.606. The number of rotatable bonds is 8. The first-order valence-electron chi connectivity index (χ1n) is 8.64. The summed E-state index contributed by atoms with van der Waals surface area (Å²) < 4.78 is 32.9. The third kappa shape index (κ3) is 5.05. The van der Waals surface area contributed by atoms with E-state index < -0.39 is 15.9 Å². The molecule has 0 saturated carbocycles. The van der Waals surface area contributed by atoms with Gasteiger partial charge in [0.05, 0.1) is 22.6 Å². The Balaban J connectivity index is 2.28. The van der Waals surface area contributed by atoms with E-state index in [1.54, 1.807) is 27.0 Å². The molecule has 9 heteroatoms. The van der Waals surface area contributed by atoms with Crippen molar-refractivity contribution in [3.8, 4) is 5.75 Å². The molecule has 0 heterocycles. The van der Waals surface area contributed by atoms with Crippen LogP contribution in [-0.2, 0) is 16.6 Å². The van der Waals surface area contributed by atoms with Gasteiger partial charge in [-0.15, -0.1) is 0 Å². The highest BCUT2D eigenvalue weighted by molar-refractivity contribution is 9.10. The van der Waals surface area contributed by atoms with E-state index in [9.17, 15) is 13.2 Å². The number of amides is 1. The molecule has 2 aromatic carbocycles. The van der Waals surface area contributed by atoms with Crippen molar-refractivity contribution < 1.29 is 17.9 Å². The maximum absolute atomic E-state index is 12.7. The summed E-state index contributed by atoms with van der Waals surface area (Å²) in [6, 6.07) is 9.60. The van der Waals surface area contributed by atoms with E-state index in [0.29, 0.717) is 18.8 Å². The smallest absolute Gasteiger partial charge is 0.253 e. The maximum Gasteiger partial charge on any atom is 0.253 e. The number of hydrogen-bond acceptors (Lipinski definition) is 4. The first-order valence-corrected chi connectivity index (χ1v) is 11.3. The molecular formula is C19H22BrClN2O4S. The second-order valence-electron chi connectivity index (χ2n) is 5.87. The van der Waals surface area contributed by atoms with Crippen molar-refractivity contribution in [1.82, 2.24) is 9.62 Å². The number of halogens is 2. The SMILES string of the molecule is CCN(CC)S(=O)(=O)c1ccc(Cl)c(C(=O)NCc2cc(Br)ccc2OC)c1. The second kappa shape index (κ2) is 9.73. The lowest BCUT2D eigenvalue weighted by Crippen LogP contribution is -2.31. The van der Waals surface area contributed by atoms with Crippen LogP contribution in [0.5, 0.6) is 5.75 Å². The number of benzene rings is 2. The Morgan fingerprint density at radius 3 is 2.46 bits per heavy atom. The molecule has 152 valence electrons. The Labute approximate surface area is 179 Å². The van der Waals surface area contributed by atoms with Crippen LogP contribution in [0.3, 0.4) is 0 Å². The highest BCUT2D eigenvalue weighted by Crippen LogP contribution is 2.25. The molecule has 28 heavy (non-hydrogen) atoms. The van der Waals surface area contributed by atoms with Crippen molar-refractivity contribution in [1.29, 1.82) is 0 Å². The van der Waals surface area contributed by atoms with Crippen LogP contribution >= 0.6 is 27.5 Å². The average Bonchev–Trinajstić information content (AvgIpc) is 2.67. The van der Waals surface area contributed by atoms with Crippen LogP contribution in [0.4, 0.5) is 0 Å². The van der Waals surface area contributed by atoms with Gasteiger partial charge >= 0.3 is 0 Å². The van der Waals surface area contributed by atoms with Gasteiger partial charge in [0.15, 0.2) is 0 Å². The van der Waals surface area contributed by atoms with Crippen molar-refractivity contribution in [2.24, 2.45) is 0 Å². The number of hydrogen-bond donors (Lipinski definition) is 1. The number of sulfonamides is 1. The van der Waals surface area contributed by atoms with E-state index in [0.717, 1.165) is 10.0 Å². The summed E-state index contributed by atoms with van der Waals surface area (Å²) >= 11 is 9.54. The lowest BCUT2D eigenvalue weighted by Gasteiger charge is -2.19. The molecular weight excluding hydrogens is 468 g/mol. The Hall–Kier alpha value is -1.61. The summed E-state index contributed by atoms with van der Waals surface area (Å²) in [5.41, 5.74) is 0.872. The van der Waals surface area contributed by atoms with Crippen molar-refractivity contribution in [3.05, 3.63) is 57.0 Å². The molecule has 0 saturated heterocycles. The lowest BCUT2D eigenvalue weighted by molar-refractivity contribution is 0.0950. The monoisotopic (exact) mass is 488 g/mol. The minimum atomic E-state index is -3.69. The fourth-order valence-corrected chi connectivity index (χ4v) is 4.80. The molecule has 0 bridgehead atoms. The number of ether oxygens (including phenoxy) is 1. The summed E-state index contributed by atoms with van der Waals surface area (Å²) in [6.45, 7) is 4.40. The molecule has 0 fully saturated rings. The Morgan fingerprint density at radius 1 is 1.18 bits per heavy atom. The Kier molecular flexibility index (Phi) is 7.88. The summed E-state index contributed by atoms with van der Waals surface area (Å²) in [6.07, 6.45) is 0. The van der Waals surface area contributed by atoms with Gasteiger partial charge < -0.3 is 10.1 Å². The summed E-state index contributed by atoms with van der Waals surface area (Å²) in [7, 11) is -2.14. The molecule has 1 amide bonds. The Bertz CT molecular complexity index is 962. The van der Waals surface area contributed by atoms with Crippen LogP contribution in [0, 0.1) is 0 Å². The van der Waals surface area contributed by atoms with Crippen LogP contribution in [-0.4, -0.2) is 38.8 Å². The minimum absolute atomic E-state index is 0.0331. The normalized spacial score (nSPS) is 11.5. The molecule has 0 radical (unpaired) electrons. The van der Waals surface area contributed by atoms with Crippen LogP contribution < -0.4 is 10.1 Å². The topological polar surface area (TPSA) is 75.7 Å². The van der Waals surface area contributed by atoms with Gasteiger partial charge in [-0.1, -0.05) is 41.4 Å². The van der Waals surface area contributed by atoms with Crippen LogP contribution in [0.25, 0.3) is 0 Å². The third-order valence-corrected chi connectivity index (χ3v) is 7.08. The van der Waals surface area contributed by atoms with E-state index in [-0.39, 0.29) is 22.0 Å². The van der Waals surface area contributed by atoms with E-state index in [1.807, 2.05) is 12.1 Å². The van der Waals surface area contributed by atoms with Gasteiger partial charge in [-0.3, -0.25) is 4.79 Å². The maximum atomic E-state index is 12.7. The van der Waals surface area contributed by atoms with Gasteiger partial charge in [-0.05, 0) is 36.4 Å². The second-order valence-corrected chi connectivity index (χ2v) is 9.13. The number of nitrogens with zero attached hydrogens (tertiary/aromatic N) is 1. The lowest BCUT2D eigenvalue weighted by atomic mass is 10.1. The standard InChI is InChI=1S/C19H22BrClN2O4S/c1-4-23(5-2)28(25,26)15-7-8-17(21)16(11-15)19(24)22-12-13-10-14(20)6-9-18(13)27-3/h6-11H,4-5,12H2,1-3H3,(H,22,24). The van der Waals surface area contributed by atoms with Crippen molar-refractivity contribution in [3.63, 3.8) is 0 Å². The first kappa shape index (κ1) is 22.7. The van der Waals surface area contributed by atoms with Crippen LogP contribution in [0.1, 0.15) is 29.8 Å². The number of carbonyl (C=O) groups excluding carboxylic acids is 1. The highest BCUT2D eigenvalue weighted by Gasteiger charge is 2.24. The minimum Gasteiger partial charge on any atom is -0.496 e. The average molecular weight is 490 g/mol. The number of carbonyl (C=O) groups is 1. The molecule has 0 atom stereocenters. The van der Waals surface area contributed by atoms with Gasteiger partial charge in [-0.2, -0.15) is 4.31 Å². The molecule has 6 nitrogen and oxygen atoms in total. The zero-order valence-electron chi connectivity index (χ0n) is 15.8. The van der Waals surface area contributed by atoms with Gasteiger partial charge in [0.2, 0.25) is 10.0 Å². The molecule has 0 aromatic heterocycles. The summed E-state index contributed by atoms with van der Waals surface area (Å²) in [4.78, 5) is 12.7. The molecule has 0 aliphatic heterocycles. The fourth-order valence-electron chi connectivity index (χ4n) is 2.71. The molecule has 2 aromatic rings. The van der Waals surface area contributed by atoms with Gasteiger partial charge in [0.25, 0.3) is 5.91 Å². The Morgan fingerprint density at radius 2 is 1.86 bits per heavy atom. The molecule has 0 spiro atoms. The van der Waals surface area contributed by atoms with E-state index in [1.165, 1.54) is 22.5 Å². The first-order chi connectivity index (χ1) is 13.2. The third-order valence-electron chi connectivity index (χ3n) is 4.21. The number of methoxy groups -OCH3 is 1. The molecule has 0 aliphatic rings. The number of nitrogens with one attached hydrogen (secondary N) is 1. The van der Waals surface area contributed by atoms with Gasteiger partial charge in [0.1, 0.15) is 5.75 Å². The van der Waals surface area contributed by atoms with E-state index in [4.69, 9.17) is 16.3 Å². The van der Waals surface area contributed by atoms with Crippen molar-refractivity contribution in [2.45, 2.75) is 25.3 Å². The molecule has 0 unspecified atom stereocenters. The zero-order chi connectivity index (χ0) is 20.9. The molecule has 1 N–H and O–H groups in total. The summed E-state index contributed by atoms with van der Waals surface area (Å²) in [5, 5.41) is 2.94.